The van der Waals surface area contributed by atoms with Gasteiger partial charge in [-0.05, 0) is 62.6 Å². The van der Waals surface area contributed by atoms with Gasteiger partial charge in [0.05, 0.1) is 6.42 Å². The number of aliphatic carboxylic acids is 1. The number of anilines is 1. The Morgan fingerprint density at radius 2 is 1.53 bits per heavy atom. The van der Waals surface area contributed by atoms with Gasteiger partial charge in [-0.25, -0.2) is 0 Å². The molecule has 0 spiro atoms. The van der Waals surface area contributed by atoms with Crippen molar-refractivity contribution >= 4 is 17.6 Å². The molecular weight excluding hydrogens is 374 g/mol. The molecule has 0 bridgehead atoms. The molecule has 0 unspecified atom stereocenters. The average Bonchev–Trinajstić information content (AvgIpc) is 2.70. The third-order valence-electron chi connectivity index (χ3n) is 4.61. The Morgan fingerprint density at radius 1 is 0.900 bits per heavy atom. The molecule has 4 heteroatoms. The smallest absolute Gasteiger partial charge is 0.307 e. The van der Waals surface area contributed by atoms with Crippen molar-refractivity contribution in [2.75, 3.05) is 5.32 Å². The molecule has 2 N–H and O–H groups in total. The zero-order valence-corrected chi connectivity index (χ0v) is 18.3. The second kappa shape index (κ2) is 17.3. The summed E-state index contributed by atoms with van der Waals surface area (Å²) in [6.07, 6.45) is 23.5. The number of rotatable bonds is 16. The Bertz CT molecular complexity index is 704. The molecule has 4 nitrogen and oxygen atoms in total. The van der Waals surface area contributed by atoms with Crippen molar-refractivity contribution in [3.63, 3.8) is 0 Å². The molecule has 1 rings (SSSR count). The first-order chi connectivity index (χ1) is 14.6. The first kappa shape index (κ1) is 25.4. The fourth-order valence-electron chi connectivity index (χ4n) is 2.99. The van der Waals surface area contributed by atoms with E-state index < -0.39 is 5.97 Å². The van der Waals surface area contributed by atoms with Crippen molar-refractivity contribution < 1.29 is 14.7 Å². The monoisotopic (exact) mass is 411 g/mol. The second-order valence-corrected chi connectivity index (χ2v) is 7.45. The SMILES string of the molecule is CCCCCC=CCC=CCC=CCCCCC(=O)Nc1cccc(CC(=O)O)c1. The van der Waals surface area contributed by atoms with Crippen LogP contribution in [0.5, 0.6) is 0 Å². The molecule has 0 heterocycles. The van der Waals surface area contributed by atoms with Crippen LogP contribution in [0.1, 0.15) is 76.7 Å². The molecular formula is C26H37NO3. The van der Waals surface area contributed by atoms with E-state index >= 15 is 0 Å². The molecule has 0 radical (unpaired) electrons. The van der Waals surface area contributed by atoms with Gasteiger partial charge in [0, 0.05) is 12.1 Å². The molecule has 1 amide bonds. The van der Waals surface area contributed by atoms with Gasteiger partial charge < -0.3 is 10.4 Å². The van der Waals surface area contributed by atoms with Crippen molar-refractivity contribution in [1.29, 1.82) is 0 Å². The number of carbonyl (C=O) groups is 2. The number of nitrogens with one attached hydrogen (secondary N) is 1. The summed E-state index contributed by atoms with van der Waals surface area (Å²) in [5.41, 5.74) is 1.34. The molecule has 0 aliphatic rings. The lowest BCUT2D eigenvalue weighted by atomic mass is 10.1. The summed E-state index contributed by atoms with van der Waals surface area (Å²) in [6.45, 7) is 2.23. The van der Waals surface area contributed by atoms with Crippen LogP contribution in [-0.4, -0.2) is 17.0 Å². The molecule has 1 aromatic rings. The van der Waals surface area contributed by atoms with Gasteiger partial charge in [-0.1, -0.05) is 68.4 Å². The van der Waals surface area contributed by atoms with Crippen LogP contribution in [0.4, 0.5) is 5.69 Å². The summed E-state index contributed by atoms with van der Waals surface area (Å²) < 4.78 is 0. The highest BCUT2D eigenvalue weighted by molar-refractivity contribution is 5.90. The number of hydrogen-bond acceptors (Lipinski definition) is 2. The van der Waals surface area contributed by atoms with E-state index in [0.717, 1.165) is 32.1 Å². The Morgan fingerprint density at radius 3 is 2.17 bits per heavy atom. The first-order valence-corrected chi connectivity index (χ1v) is 11.2. The van der Waals surface area contributed by atoms with Crippen LogP contribution in [-0.2, 0) is 16.0 Å². The number of carboxylic acids is 1. The van der Waals surface area contributed by atoms with E-state index in [1.54, 1.807) is 24.3 Å². The number of carboxylic acid groups (broad SMARTS) is 1. The van der Waals surface area contributed by atoms with Crippen LogP contribution >= 0.6 is 0 Å². The Labute approximate surface area is 181 Å². The lowest BCUT2D eigenvalue weighted by Gasteiger charge is -2.06. The zero-order valence-electron chi connectivity index (χ0n) is 18.3. The maximum atomic E-state index is 12.0. The molecule has 0 aliphatic heterocycles. The summed E-state index contributed by atoms with van der Waals surface area (Å²) in [5, 5.41) is 11.7. The van der Waals surface area contributed by atoms with Gasteiger partial charge in [-0.3, -0.25) is 9.59 Å². The van der Waals surface area contributed by atoms with Gasteiger partial charge in [-0.15, -0.1) is 0 Å². The number of amides is 1. The fourth-order valence-corrected chi connectivity index (χ4v) is 2.99. The van der Waals surface area contributed by atoms with Crippen molar-refractivity contribution in [3.8, 4) is 0 Å². The molecule has 0 aliphatic carbocycles. The maximum Gasteiger partial charge on any atom is 0.307 e. The van der Waals surface area contributed by atoms with Crippen molar-refractivity contribution in [3.05, 3.63) is 66.3 Å². The van der Waals surface area contributed by atoms with Crippen LogP contribution in [0, 0.1) is 0 Å². The van der Waals surface area contributed by atoms with E-state index in [1.807, 2.05) is 0 Å². The van der Waals surface area contributed by atoms with E-state index in [-0.39, 0.29) is 12.3 Å². The molecule has 30 heavy (non-hydrogen) atoms. The topological polar surface area (TPSA) is 66.4 Å². The molecule has 0 saturated heterocycles. The normalized spacial score (nSPS) is 11.6. The molecule has 0 fully saturated rings. The van der Waals surface area contributed by atoms with E-state index in [4.69, 9.17) is 5.11 Å². The second-order valence-electron chi connectivity index (χ2n) is 7.45. The van der Waals surface area contributed by atoms with Gasteiger partial charge >= 0.3 is 5.97 Å². The minimum atomic E-state index is -0.878. The fraction of sp³-hybridized carbons (Fsp3) is 0.462. The standard InChI is InChI=1S/C26H37NO3/c1-2-3-4-5-6-7-8-9-10-11-12-13-14-15-16-20-25(28)27-24-19-17-18-23(21-24)22-26(29)30/h6-7,9-10,12-13,17-19,21H,2-5,8,11,14-16,20,22H2,1H3,(H,27,28)(H,29,30). The average molecular weight is 412 g/mol. The van der Waals surface area contributed by atoms with Crippen LogP contribution < -0.4 is 5.32 Å². The van der Waals surface area contributed by atoms with Gasteiger partial charge in [0.1, 0.15) is 0 Å². The van der Waals surface area contributed by atoms with Crippen molar-refractivity contribution in [2.24, 2.45) is 0 Å². The van der Waals surface area contributed by atoms with E-state index in [2.05, 4.69) is 48.7 Å². The minimum absolute atomic E-state index is 0.0304. The van der Waals surface area contributed by atoms with E-state index in [1.165, 1.54) is 25.7 Å². The van der Waals surface area contributed by atoms with Crippen molar-refractivity contribution in [2.45, 2.75) is 77.6 Å². The predicted molar refractivity (Wildman–Crippen MR) is 126 cm³/mol. The highest BCUT2D eigenvalue weighted by atomic mass is 16.4. The molecule has 0 aromatic heterocycles. The lowest BCUT2D eigenvalue weighted by molar-refractivity contribution is -0.136. The summed E-state index contributed by atoms with van der Waals surface area (Å²) in [7, 11) is 0. The van der Waals surface area contributed by atoms with Gasteiger partial charge in [0.15, 0.2) is 0 Å². The van der Waals surface area contributed by atoms with Gasteiger partial charge in [-0.2, -0.15) is 0 Å². The predicted octanol–water partition coefficient (Wildman–Crippen LogP) is 6.84. The first-order valence-electron chi connectivity index (χ1n) is 11.2. The van der Waals surface area contributed by atoms with Gasteiger partial charge in [0.2, 0.25) is 5.91 Å². The summed E-state index contributed by atoms with van der Waals surface area (Å²) >= 11 is 0. The lowest BCUT2D eigenvalue weighted by Crippen LogP contribution is -2.11. The number of hydrogen-bond donors (Lipinski definition) is 2. The van der Waals surface area contributed by atoms with Crippen LogP contribution in [0.3, 0.4) is 0 Å². The number of allylic oxidation sites excluding steroid dienone is 6. The third kappa shape index (κ3) is 14.4. The van der Waals surface area contributed by atoms with E-state index in [9.17, 15) is 9.59 Å². The van der Waals surface area contributed by atoms with E-state index in [0.29, 0.717) is 17.7 Å². The largest absolute Gasteiger partial charge is 0.481 e. The highest BCUT2D eigenvalue weighted by Crippen LogP contribution is 2.12. The maximum absolute atomic E-state index is 12.0. The summed E-state index contributed by atoms with van der Waals surface area (Å²) in [5.74, 6) is -0.909. The molecule has 164 valence electrons. The minimum Gasteiger partial charge on any atom is -0.481 e. The summed E-state index contributed by atoms with van der Waals surface area (Å²) in [6, 6.07) is 7.00. The molecule has 0 atom stereocenters. The molecule has 0 saturated carbocycles. The van der Waals surface area contributed by atoms with Gasteiger partial charge in [0.25, 0.3) is 0 Å². The number of carbonyl (C=O) groups excluding carboxylic acids is 1. The molecule has 1 aromatic carbocycles. The Hall–Kier alpha value is -2.62. The Kier molecular flexibility index (Phi) is 14.6. The Balaban J connectivity index is 2.07. The van der Waals surface area contributed by atoms with Crippen LogP contribution in [0.15, 0.2) is 60.7 Å². The van der Waals surface area contributed by atoms with Crippen LogP contribution in [0.2, 0.25) is 0 Å². The number of benzene rings is 1. The summed E-state index contributed by atoms with van der Waals surface area (Å²) in [4.78, 5) is 22.8. The third-order valence-corrected chi connectivity index (χ3v) is 4.61. The number of unbranched alkanes of at least 4 members (excludes halogenated alkanes) is 5. The highest BCUT2D eigenvalue weighted by Gasteiger charge is 2.04. The zero-order chi connectivity index (χ0) is 21.9. The van der Waals surface area contributed by atoms with Crippen LogP contribution in [0.25, 0.3) is 0 Å². The van der Waals surface area contributed by atoms with Crippen molar-refractivity contribution in [1.82, 2.24) is 0 Å². The quantitative estimate of drug-likeness (QED) is 0.231.